The third-order valence-corrected chi connectivity index (χ3v) is 3.81. The number of nitrogens with one attached hydrogen (secondary N) is 1. The van der Waals surface area contributed by atoms with E-state index in [0.29, 0.717) is 25.3 Å². The lowest BCUT2D eigenvalue weighted by atomic mass is 9.87. The highest BCUT2D eigenvalue weighted by atomic mass is 35.5. The van der Waals surface area contributed by atoms with Crippen LogP contribution in [0.2, 0.25) is 0 Å². The van der Waals surface area contributed by atoms with E-state index in [1.54, 1.807) is 12.1 Å². The normalized spacial score (nSPS) is 10.7. The lowest BCUT2D eigenvalue weighted by Gasteiger charge is -2.19. The molecule has 2 rings (SSSR count). The maximum Gasteiger partial charge on any atom is 0.251 e. The van der Waals surface area contributed by atoms with Gasteiger partial charge in [0.2, 0.25) is 0 Å². The average molecular weight is 363 g/mol. The molecule has 0 saturated carbocycles. The molecule has 2 aromatic carbocycles. The molecular weight excluding hydrogens is 336 g/mol. The van der Waals surface area contributed by atoms with Gasteiger partial charge in [-0.05, 0) is 40.8 Å². The number of nitrogens with two attached hydrogens (primary N) is 1. The topological polar surface area (TPSA) is 64.3 Å². The molecule has 25 heavy (non-hydrogen) atoms. The van der Waals surface area contributed by atoms with Gasteiger partial charge in [0.05, 0.1) is 6.54 Å². The van der Waals surface area contributed by atoms with E-state index in [-0.39, 0.29) is 23.7 Å². The second kappa shape index (κ2) is 9.44. The number of ether oxygens (including phenoxy) is 1. The number of carbonyl (C=O) groups excluding carboxylic acids is 1. The number of carbonyl (C=O) groups is 1. The molecule has 0 radical (unpaired) electrons. The van der Waals surface area contributed by atoms with Crippen molar-refractivity contribution in [3.8, 4) is 5.75 Å². The van der Waals surface area contributed by atoms with E-state index in [1.165, 1.54) is 5.56 Å². The zero-order valence-electron chi connectivity index (χ0n) is 15.0. The van der Waals surface area contributed by atoms with Gasteiger partial charge in [-0.3, -0.25) is 4.79 Å². The zero-order valence-corrected chi connectivity index (χ0v) is 15.9. The van der Waals surface area contributed by atoms with Crippen LogP contribution in [-0.4, -0.2) is 19.1 Å². The van der Waals surface area contributed by atoms with E-state index >= 15 is 0 Å². The fraction of sp³-hybridized carbons (Fsp3) is 0.350. The second-order valence-electron chi connectivity index (χ2n) is 6.78. The molecule has 0 aliphatic rings. The summed E-state index contributed by atoms with van der Waals surface area (Å²) in [7, 11) is 0. The minimum absolute atomic E-state index is 0. The molecule has 0 atom stereocenters. The van der Waals surface area contributed by atoms with Crippen molar-refractivity contribution in [1.82, 2.24) is 5.32 Å². The van der Waals surface area contributed by atoms with Crippen LogP contribution < -0.4 is 15.8 Å². The summed E-state index contributed by atoms with van der Waals surface area (Å²) in [4.78, 5) is 12.0. The van der Waals surface area contributed by atoms with Crippen molar-refractivity contribution < 1.29 is 9.53 Å². The monoisotopic (exact) mass is 362 g/mol. The Morgan fingerprint density at radius 3 is 2.40 bits per heavy atom. The molecule has 136 valence electrons. The number of hydrogen-bond donors (Lipinski definition) is 2. The summed E-state index contributed by atoms with van der Waals surface area (Å²) in [5, 5.41) is 2.86. The second-order valence-corrected chi connectivity index (χ2v) is 6.78. The van der Waals surface area contributed by atoms with Crippen LogP contribution >= 0.6 is 12.4 Å². The zero-order chi connectivity index (χ0) is 17.6. The van der Waals surface area contributed by atoms with Crippen LogP contribution in [0.3, 0.4) is 0 Å². The Morgan fingerprint density at radius 1 is 1.12 bits per heavy atom. The highest BCUT2D eigenvalue weighted by Gasteiger charge is 2.13. The van der Waals surface area contributed by atoms with Crippen molar-refractivity contribution in [2.45, 2.75) is 32.7 Å². The summed E-state index contributed by atoms with van der Waals surface area (Å²) in [6.45, 7) is 7.87. The molecular formula is C20H27ClN2O2. The fourth-order valence-electron chi connectivity index (χ4n) is 2.28. The first kappa shape index (κ1) is 21.0. The molecule has 0 aromatic heterocycles. The van der Waals surface area contributed by atoms with E-state index < -0.39 is 0 Å². The van der Waals surface area contributed by atoms with Gasteiger partial charge in [0.25, 0.3) is 5.91 Å². The molecule has 0 saturated heterocycles. The van der Waals surface area contributed by atoms with Crippen molar-refractivity contribution in [2.75, 3.05) is 13.2 Å². The third-order valence-electron chi connectivity index (χ3n) is 3.81. The van der Waals surface area contributed by atoms with Crippen molar-refractivity contribution in [3.05, 3.63) is 65.2 Å². The first-order chi connectivity index (χ1) is 11.4. The van der Waals surface area contributed by atoms with E-state index in [4.69, 9.17) is 10.5 Å². The van der Waals surface area contributed by atoms with Gasteiger partial charge in [0, 0.05) is 12.1 Å². The largest absolute Gasteiger partial charge is 0.492 e. The average Bonchev–Trinajstić information content (AvgIpc) is 2.58. The summed E-state index contributed by atoms with van der Waals surface area (Å²) < 4.78 is 5.73. The molecule has 0 aliphatic heterocycles. The molecule has 0 fully saturated rings. The number of rotatable bonds is 6. The van der Waals surface area contributed by atoms with Gasteiger partial charge >= 0.3 is 0 Å². The van der Waals surface area contributed by atoms with Crippen LogP contribution in [0.15, 0.2) is 48.5 Å². The predicted molar refractivity (Wildman–Crippen MR) is 105 cm³/mol. The summed E-state index contributed by atoms with van der Waals surface area (Å²) in [5.41, 5.74) is 8.50. The van der Waals surface area contributed by atoms with Gasteiger partial charge in [0.15, 0.2) is 0 Å². The van der Waals surface area contributed by atoms with Crippen LogP contribution in [0.5, 0.6) is 5.75 Å². The number of amides is 1. The summed E-state index contributed by atoms with van der Waals surface area (Å²) >= 11 is 0. The number of halogens is 1. The van der Waals surface area contributed by atoms with Crippen molar-refractivity contribution >= 4 is 18.3 Å². The summed E-state index contributed by atoms with van der Waals surface area (Å²) in [6, 6.07) is 15.4. The minimum atomic E-state index is -0.106. The smallest absolute Gasteiger partial charge is 0.251 e. The van der Waals surface area contributed by atoms with Crippen LogP contribution in [0.4, 0.5) is 0 Å². The van der Waals surface area contributed by atoms with Crippen LogP contribution in [0.25, 0.3) is 0 Å². The molecule has 5 heteroatoms. The van der Waals surface area contributed by atoms with E-state index in [0.717, 1.165) is 11.3 Å². The van der Waals surface area contributed by atoms with Gasteiger partial charge in [-0.15, -0.1) is 12.4 Å². The molecule has 0 spiro atoms. The fourth-order valence-corrected chi connectivity index (χ4v) is 2.28. The molecule has 1 amide bonds. The Hall–Kier alpha value is -2.04. The third kappa shape index (κ3) is 6.40. The molecule has 3 N–H and O–H groups in total. The van der Waals surface area contributed by atoms with Crippen molar-refractivity contribution in [1.29, 1.82) is 0 Å². The van der Waals surface area contributed by atoms with Crippen LogP contribution in [0.1, 0.15) is 42.3 Å². The molecule has 0 aliphatic carbocycles. The number of benzene rings is 2. The Bertz CT molecular complexity index is 679. The van der Waals surface area contributed by atoms with Crippen LogP contribution in [0, 0.1) is 0 Å². The SMILES string of the molecule is CC(C)(C)c1cccc(OCCNC(=O)c2ccc(CN)cc2)c1.Cl. The maximum atomic E-state index is 12.0. The first-order valence-electron chi connectivity index (χ1n) is 8.21. The first-order valence-corrected chi connectivity index (χ1v) is 8.21. The van der Waals surface area contributed by atoms with Gasteiger partial charge in [-0.25, -0.2) is 0 Å². The quantitative estimate of drug-likeness (QED) is 0.770. The Labute approximate surface area is 156 Å². The molecule has 0 unspecified atom stereocenters. The Morgan fingerprint density at radius 2 is 1.80 bits per heavy atom. The van der Waals surface area contributed by atoms with Crippen molar-refractivity contribution in [2.24, 2.45) is 5.73 Å². The molecule has 4 nitrogen and oxygen atoms in total. The van der Waals surface area contributed by atoms with Gasteiger partial charge in [-0.2, -0.15) is 0 Å². The van der Waals surface area contributed by atoms with Crippen LogP contribution in [-0.2, 0) is 12.0 Å². The van der Waals surface area contributed by atoms with E-state index in [2.05, 4.69) is 32.2 Å². The van der Waals surface area contributed by atoms with Gasteiger partial charge < -0.3 is 15.8 Å². The Kier molecular flexibility index (Phi) is 7.94. The highest BCUT2D eigenvalue weighted by molar-refractivity contribution is 5.94. The maximum absolute atomic E-state index is 12.0. The van der Waals surface area contributed by atoms with E-state index in [9.17, 15) is 4.79 Å². The highest BCUT2D eigenvalue weighted by Crippen LogP contribution is 2.25. The minimum Gasteiger partial charge on any atom is -0.492 e. The summed E-state index contributed by atoms with van der Waals surface area (Å²) in [6.07, 6.45) is 0. The molecule has 0 heterocycles. The molecule has 0 bridgehead atoms. The summed E-state index contributed by atoms with van der Waals surface area (Å²) in [5.74, 6) is 0.717. The van der Waals surface area contributed by atoms with Gasteiger partial charge in [0.1, 0.15) is 12.4 Å². The standard InChI is InChI=1S/C20H26N2O2.ClH/c1-20(2,3)17-5-4-6-18(13-17)24-12-11-22-19(23)16-9-7-15(14-21)8-10-16;/h4-10,13H,11-12,14,21H2,1-3H3,(H,22,23);1H. The van der Waals surface area contributed by atoms with Gasteiger partial charge in [-0.1, -0.05) is 45.0 Å². The lowest BCUT2D eigenvalue weighted by molar-refractivity contribution is 0.0947. The molecule has 2 aromatic rings. The van der Waals surface area contributed by atoms with Crippen molar-refractivity contribution in [3.63, 3.8) is 0 Å². The van der Waals surface area contributed by atoms with E-state index in [1.807, 2.05) is 30.3 Å². The Balaban J connectivity index is 0.00000312. The lowest BCUT2D eigenvalue weighted by Crippen LogP contribution is -2.28. The number of hydrogen-bond acceptors (Lipinski definition) is 3. The predicted octanol–water partition coefficient (Wildman–Crippen LogP) is 3.67.